The molecule has 2 saturated heterocycles. The quantitative estimate of drug-likeness (QED) is 0.267. The molecule has 12 heteroatoms. The van der Waals surface area contributed by atoms with Crippen LogP contribution >= 0.6 is 0 Å². The first kappa shape index (κ1) is 29.5. The second-order valence-corrected chi connectivity index (χ2v) is 10.5. The predicted molar refractivity (Wildman–Crippen MR) is 137 cm³/mol. The zero-order chi connectivity index (χ0) is 27.9. The largest absolute Gasteiger partial charge is 0.475 e. The number of nitrogens with zero attached hydrogens (tertiary/aromatic N) is 3. The molecular weight excluding hydrogens is 497 g/mol. The van der Waals surface area contributed by atoms with Gasteiger partial charge in [0.05, 0.1) is 19.0 Å². The van der Waals surface area contributed by atoms with Gasteiger partial charge in [-0.3, -0.25) is 9.69 Å². The van der Waals surface area contributed by atoms with Crippen LogP contribution in [0.15, 0.2) is 42.0 Å². The normalized spacial score (nSPS) is 21.2. The van der Waals surface area contributed by atoms with E-state index >= 15 is 0 Å². The second-order valence-electron chi connectivity index (χ2n) is 10.5. The lowest BCUT2D eigenvalue weighted by molar-refractivity contribution is -0.127. The molecule has 2 fully saturated rings. The number of amides is 2. The fourth-order valence-corrected chi connectivity index (χ4v) is 4.80. The summed E-state index contributed by atoms with van der Waals surface area (Å²) in [6.07, 6.45) is 1.64. The molecule has 3 rings (SSSR count). The van der Waals surface area contributed by atoms with Crippen LogP contribution in [0.4, 0.5) is 13.6 Å². The number of carbonyl (C=O) groups excluding carboxylic acids is 2. The average Bonchev–Trinajstić information content (AvgIpc) is 3.08. The van der Waals surface area contributed by atoms with Crippen LogP contribution in [0.3, 0.4) is 0 Å². The first-order valence-electron chi connectivity index (χ1n) is 12.8. The predicted octanol–water partition coefficient (Wildman–Crippen LogP) is 2.29. The Balaban J connectivity index is 1.63. The number of alkyl halides is 2. The monoisotopic (exact) mass is 532 g/mol. The highest BCUT2D eigenvalue weighted by Crippen LogP contribution is 2.33. The Morgan fingerprint density at radius 2 is 2.00 bits per heavy atom. The third-order valence-electron chi connectivity index (χ3n) is 6.98. The smallest absolute Gasteiger partial charge is 0.444 e. The van der Waals surface area contributed by atoms with E-state index in [9.17, 15) is 33.7 Å². The summed E-state index contributed by atoms with van der Waals surface area (Å²) in [5, 5.41) is 31.7. The molecule has 2 amide bonds. The molecule has 1 unspecified atom stereocenters. The zero-order valence-electron chi connectivity index (χ0n) is 21.8. The van der Waals surface area contributed by atoms with Crippen LogP contribution in [-0.2, 0) is 16.0 Å². The minimum Gasteiger partial charge on any atom is -0.444 e. The van der Waals surface area contributed by atoms with Gasteiger partial charge in [0.1, 0.15) is 17.7 Å². The maximum absolute atomic E-state index is 13.7. The Bertz CT molecular complexity index is 1050. The van der Waals surface area contributed by atoms with Crippen molar-refractivity contribution in [1.82, 2.24) is 15.1 Å². The minimum absolute atomic E-state index is 0.0541. The summed E-state index contributed by atoms with van der Waals surface area (Å²) < 4.78 is 33.0. The van der Waals surface area contributed by atoms with Crippen LogP contribution in [0.25, 0.3) is 0 Å². The maximum Gasteiger partial charge on any atom is 0.475 e. The lowest BCUT2D eigenvalue weighted by Crippen LogP contribution is -2.49. The second kappa shape index (κ2) is 12.7. The molecule has 0 radical (unpaired) electrons. The van der Waals surface area contributed by atoms with Crippen molar-refractivity contribution in [3.63, 3.8) is 0 Å². The Hall–Kier alpha value is -3.01. The van der Waals surface area contributed by atoms with E-state index in [1.807, 2.05) is 12.1 Å². The van der Waals surface area contributed by atoms with Gasteiger partial charge in [0.15, 0.2) is 0 Å². The molecule has 2 aliphatic heterocycles. The van der Waals surface area contributed by atoms with E-state index in [1.165, 1.54) is 11.0 Å². The Morgan fingerprint density at radius 3 is 2.61 bits per heavy atom. The molecule has 0 aliphatic carbocycles. The topological polar surface area (TPSA) is 126 Å². The van der Waals surface area contributed by atoms with Gasteiger partial charge < -0.3 is 25.0 Å². The van der Waals surface area contributed by atoms with E-state index < -0.39 is 49.2 Å². The summed E-state index contributed by atoms with van der Waals surface area (Å²) in [6.45, 7) is 3.52. The fourth-order valence-electron chi connectivity index (χ4n) is 4.80. The molecule has 0 bridgehead atoms. The summed E-state index contributed by atoms with van der Waals surface area (Å²) in [5.74, 6) is -4.35. The third kappa shape index (κ3) is 8.25. The molecule has 1 aromatic rings. The molecule has 2 atom stereocenters. The number of ether oxygens (including phenoxy) is 1. The number of alkyl carbamates (subject to hydrolysis) is 1. The van der Waals surface area contributed by atoms with Gasteiger partial charge >= 0.3 is 13.2 Å². The molecule has 9 nitrogen and oxygen atoms in total. The Morgan fingerprint density at radius 1 is 1.29 bits per heavy atom. The number of nitriles is 1. The van der Waals surface area contributed by atoms with Gasteiger partial charge in [0, 0.05) is 25.0 Å². The number of rotatable bonds is 8. The van der Waals surface area contributed by atoms with E-state index in [4.69, 9.17) is 4.74 Å². The Labute approximate surface area is 222 Å². The van der Waals surface area contributed by atoms with Gasteiger partial charge in [0.2, 0.25) is 0 Å². The lowest BCUT2D eigenvalue weighted by atomic mass is 9.76. The van der Waals surface area contributed by atoms with Gasteiger partial charge in [-0.05, 0) is 51.2 Å². The summed E-state index contributed by atoms with van der Waals surface area (Å²) >= 11 is 0. The summed E-state index contributed by atoms with van der Waals surface area (Å²) in [7, 11) is -1.81. The number of benzene rings is 1. The van der Waals surface area contributed by atoms with Crippen molar-refractivity contribution in [1.29, 1.82) is 5.26 Å². The highest BCUT2D eigenvalue weighted by atomic mass is 19.3. The minimum atomic E-state index is -2.80. The number of likely N-dealkylation sites (tertiary alicyclic amines) is 2. The molecule has 0 spiro atoms. The molecule has 0 aromatic heterocycles. The van der Waals surface area contributed by atoms with Crippen molar-refractivity contribution < 1.29 is 33.2 Å². The van der Waals surface area contributed by atoms with Crippen molar-refractivity contribution in [2.24, 2.45) is 0 Å². The molecule has 3 N–H and O–H groups in total. The van der Waals surface area contributed by atoms with E-state index in [0.29, 0.717) is 25.8 Å². The van der Waals surface area contributed by atoms with Crippen LogP contribution in [0.2, 0.25) is 0 Å². The first-order chi connectivity index (χ1) is 17.9. The number of hydrogen-bond acceptors (Lipinski definition) is 7. The van der Waals surface area contributed by atoms with Crippen LogP contribution in [0.5, 0.6) is 0 Å². The highest BCUT2D eigenvalue weighted by Gasteiger charge is 2.43. The standard InChI is InChI=1S/C26H35BF2N4O5/c1-25(2,33-13-11-26(28,29)18-33)15-20(16-30)23(34)32-12-7-6-10-21(17-32)38-24(35)31-22(27(36)37)14-19-8-4-3-5-9-19/h3-5,8-9,15,21-22,36-37H,6-7,10-14,17-18H2,1-2H3,(H,31,35)/t21-,22?/m0/s1. The number of halogens is 2. The summed E-state index contributed by atoms with van der Waals surface area (Å²) in [5.41, 5.74) is -0.281. The lowest BCUT2D eigenvalue weighted by Gasteiger charge is -2.33. The third-order valence-corrected chi connectivity index (χ3v) is 6.98. The zero-order valence-corrected chi connectivity index (χ0v) is 21.8. The van der Waals surface area contributed by atoms with E-state index in [1.54, 1.807) is 43.0 Å². The van der Waals surface area contributed by atoms with E-state index in [2.05, 4.69) is 5.32 Å². The van der Waals surface area contributed by atoms with Crippen LogP contribution in [-0.4, -0.2) is 88.7 Å². The van der Waals surface area contributed by atoms with Crippen molar-refractivity contribution in [2.75, 3.05) is 26.2 Å². The molecule has 0 saturated carbocycles. The Kier molecular flexibility index (Phi) is 9.87. The number of carbonyl (C=O) groups is 2. The van der Waals surface area contributed by atoms with Crippen molar-refractivity contribution in [3.8, 4) is 6.07 Å². The van der Waals surface area contributed by atoms with Gasteiger partial charge in [-0.25, -0.2) is 13.6 Å². The van der Waals surface area contributed by atoms with E-state index in [0.717, 1.165) is 5.56 Å². The molecule has 2 aliphatic rings. The summed E-state index contributed by atoms with van der Waals surface area (Å²) in [4.78, 5) is 28.8. The summed E-state index contributed by atoms with van der Waals surface area (Å²) in [6, 6.07) is 10.9. The highest BCUT2D eigenvalue weighted by molar-refractivity contribution is 6.43. The number of nitrogens with one attached hydrogen (secondary N) is 1. The van der Waals surface area contributed by atoms with Gasteiger partial charge in [-0.1, -0.05) is 30.3 Å². The van der Waals surface area contributed by atoms with Crippen LogP contribution < -0.4 is 5.32 Å². The molecule has 1 aromatic carbocycles. The van der Waals surface area contributed by atoms with Gasteiger partial charge in [0.25, 0.3) is 11.8 Å². The van der Waals surface area contributed by atoms with Crippen molar-refractivity contribution in [2.45, 2.75) is 69.5 Å². The first-order valence-corrected chi connectivity index (χ1v) is 12.8. The van der Waals surface area contributed by atoms with Crippen LogP contribution in [0, 0.1) is 11.3 Å². The number of hydrogen-bond donors (Lipinski definition) is 3. The average molecular weight is 532 g/mol. The van der Waals surface area contributed by atoms with Gasteiger partial charge in [-0.15, -0.1) is 0 Å². The molecular formula is C26H35BF2N4O5. The van der Waals surface area contributed by atoms with Crippen LogP contribution in [0.1, 0.15) is 45.1 Å². The molecule has 38 heavy (non-hydrogen) atoms. The SMILES string of the molecule is CC(C)(C=C(C#N)C(=O)N1CCCC[C@H](OC(=O)NC(Cc2ccccc2)B(O)O)C1)N1CCC(F)(F)C1. The molecule has 2 heterocycles. The molecule has 206 valence electrons. The van der Waals surface area contributed by atoms with Crippen molar-refractivity contribution >= 4 is 19.1 Å². The fraction of sp³-hybridized carbons (Fsp3) is 0.577. The maximum atomic E-state index is 13.7. The van der Waals surface area contributed by atoms with E-state index in [-0.39, 0.29) is 31.5 Å². The van der Waals surface area contributed by atoms with Crippen molar-refractivity contribution in [3.05, 3.63) is 47.5 Å². The van der Waals surface area contributed by atoms with Gasteiger partial charge in [-0.2, -0.15) is 5.26 Å².